The first-order chi connectivity index (χ1) is 41.4. The Kier molecular flexibility index (Phi) is 20.9. The lowest BCUT2D eigenvalue weighted by Crippen LogP contribution is -2.58. The smallest absolute Gasteiger partial charge is 0.410 e. The molecule has 9 rings (SSSR count). The van der Waals surface area contributed by atoms with Crippen LogP contribution >= 0.6 is 22.9 Å². The minimum Gasteiger partial charge on any atom is -0.508 e. The molecule has 2 aromatic heterocycles. The molecule has 3 aliphatic heterocycles. The van der Waals surface area contributed by atoms with Crippen LogP contribution in [0.1, 0.15) is 92.0 Å². The van der Waals surface area contributed by atoms with Crippen LogP contribution in [0, 0.1) is 18.2 Å². The number of amides is 4. The Morgan fingerprint density at radius 2 is 1.56 bits per heavy atom. The predicted molar refractivity (Wildman–Crippen MR) is 333 cm³/mol. The zero-order valence-corrected chi connectivity index (χ0v) is 52.6. The Morgan fingerprint density at radius 1 is 0.862 bits per heavy atom. The van der Waals surface area contributed by atoms with Gasteiger partial charge >= 0.3 is 12.1 Å². The van der Waals surface area contributed by atoms with Crippen LogP contribution in [-0.2, 0) is 33.3 Å². The van der Waals surface area contributed by atoms with Crippen molar-refractivity contribution in [1.82, 2.24) is 40.3 Å². The summed E-state index contributed by atoms with van der Waals surface area (Å²) in [6.45, 7) is 20.9. The van der Waals surface area contributed by atoms with Crippen LogP contribution in [0.5, 0.6) is 11.8 Å². The van der Waals surface area contributed by atoms with E-state index in [0.717, 1.165) is 47.6 Å². The van der Waals surface area contributed by atoms with Gasteiger partial charge < -0.3 is 59.2 Å². The fourth-order valence-corrected chi connectivity index (χ4v) is 12.5. The number of β-amino-alcohol motifs (C(OH)–C–C–N with tert-alkyl or cyclic N) is 1. The molecule has 87 heavy (non-hydrogen) atoms. The van der Waals surface area contributed by atoms with E-state index in [2.05, 4.69) is 25.5 Å². The quantitative estimate of drug-likeness (QED) is 0.0492. The molecule has 23 heteroatoms. The van der Waals surface area contributed by atoms with Crippen LogP contribution in [0.3, 0.4) is 0 Å². The van der Waals surface area contributed by atoms with E-state index in [-0.39, 0.29) is 78.7 Å². The summed E-state index contributed by atoms with van der Waals surface area (Å²) < 4.78 is 46.9. The Bertz CT molecular complexity index is 3400. The number of likely N-dealkylation sites (tertiary alicyclic amines) is 2. The number of aliphatic hydroxyl groups is 1. The van der Waals surface area contributed by atoms with Crippen LogP contribution in [0.4, 0.5) is 15.0 Å². The maximum atomic E-state index is 17.2. The van der Waals surface area contributed by atoms with E-state index in [9.17, 15) is 29.4 Å². The number of rotatable bonds is 21. The van der Waals surface area contributed by atoms with Crippen LogP contribution in [0.25, 0.3) is 43.2 Å². The minimum absolute atomic E-state index is 0.00674. The lowest BCUT2D eigenvalue weighted by atomic mass is 9.85. The summed E-state index contributed by atoms with van der Waals surface area (Å²) in [7, 11) is 0. The standard InChI is InChI=1S/C64H81ClFN9O11S/c1-38(85-61-70-55-49(58(71-61)73-22-24-74(25-23-73)62(81)86-64(7,8)9)33-50(65)53(54(55)66)48-31-44(76)30-43-12-10-11-13-47(43)48)34-72-20-18-46(19-21-72)84-29-28-82-26-27-83-36-52(78)69-57(63(4,5)6)60(80)75-35-45(77)32-51(75)59(79)68-39(2)41-14-16-42(17-15-41)56-40(3)67-37-87-56/h10-17,30-31,33,37-39,45-46,51,57,76-77H,18-29,32,34-36H2,1-9H3,(H,68,79)(H,69,78)/t38?,39-,45+,51-,57?/m0/s1. The zero-order valence-electron chi connectivity index (χ0n) is 51.1. The second kappa shape index (κ2) is 28.1. The number of aryl methyl sites for hydroxylation is 1. The third kappa shape index (κ3) is 16.3. The van der Waals surface area contributed by atoms with Gasteiger partial charge in [0.05, 0.1) is 65.8 Å². The number of ether oxygens (including phenoxy) is 5. The fourth-order valence-electron chi connectivity index (χ4n) is 11.3. The van der Waals surface area contributed by atoms with Gasteiger partial charge in [-0.05, 0) is 105 Å². The lowest BCUT2D eigenvalue weighted by molar-refractivity contribution is -0.144. The van der Waals surface area contributed by atoms with E-state index in [4.69, 9.17) is 40.3 Å². The van der Waals surface area contributed by atoms with Crippen molar-refractivity contribution in [3.63, 3.8) is 0 Å². The van der Waals surface area contributed by atoms with E-state index in [1.54, 1.807) is 28.4 Å². The van der Waals surface area contributed by atoms with E-state index < -0.39 is 59.0 Å². The molecule has 20 nitrogen and oxygen atoms in total. The first-order valence-electron chi connectivity index (χ1n) is 29.8. The van der Waals surface area contributed by atoms with Gasteiger partial charge in [0, 0.05) is 69.7 Å². The lowest BCUT2D eigenvalue weighted by Gasteiger charge is -2.36. The number of fused-ring (bicyclic) bond motifs is 2. The average Bonchev–Trinajstić information content (AvgIpc) is 2.46. The summed E-state index contributed by atoms with van der Waals surface area (Å²) in [5.41, 5.74) is 3.81. The van der Waals surface area contributed by atoms with Gasteiger partial charge in [-0.15, -0.1) is 11.3 Å². The maximum absolute atomic E-state index is 17.2. The molecule has 4 N–H and O–H groups in total. The number of piperidine rings is 1. The van der Waals surface area contributed by atoms with Crippen LogP contribution in [0.2, 0.25) is 5.02 Å². The summed E-state index contributed by atoms with van der Waals surface area (Å²) in [5.74, 6) is -1.65. The van der Waals surface area contributed by atoms with Crippen molar-refractivity contribution in [1.29, 1.82) is 0 Å². The number of anilines is 1. The Balaban J connectivity index is 0.715. The third-order valence-corrected chi connectivity index (χ3v) is 17.1. The third-order valence-electron chi connectivity index (χ3n) is 15.8. The predicted octanol–water partition coefficient (Wildman–Crippen LogP) is 9.09. The van der Waals surface area contributed by atoms with E-state index >= 15 is 4.39 Å². The largest absolute Gasteiger partial charge is 0.508 e. The molecule has 468 valence electrons. The molecule has 5 atom stereocenters. The molecule has 0 spiro atoms. The number of phenolic OH excluding ortho intramolecular Hbond substituents is 1. The molecule has 3 aliphatic rings. The molecular weight excluding hydrogens is 1160 g/mol. The minimum atomic E-state index is -0.998. The van der Waals surface area contributed by atoms with Crippen LogP contribution in [-0.4, -0.2) is 185 Å². The molecular formula is C64H81ClFN9O11S. The fraction of sp³-hybridized carbons (Fsp3) is 0.516. The number of benzene rings is 4. The Morgan fingerprint density at radius 3 is 2.25 bits per heavy atom. The molecule has 0 saturated carbocycles. The molecule has 3 saturated heterocycles. The molecule has 4 amide bonds. The second-order valence-electron chi connectivity index (χ2n) is 24.8. The van der Waals surface area contributed by atoms with Gasteiger partial charge in [0.2, 0.25) is 17.7 Å². The van der Waals surface area contributed by atoms with Gasteiger partial charge in [0.1, 0.15) is 47.5 Å². The number of hydrogen-bond acceptors (Lipinski definition) is 17. The topological polar surface area (TPSA) is 231 Å². The van der Waals surface area contributed by atoms with Crippen LogP contribution in [0.15, 0.2) is 72.2 Å². The Labute approximate surface area is 516 Å². The number of hydrogen-bond donors (Lipinski definition) is 4. The number of piperazine rings is 1. The Hall–Kier alpha value is -6.79. The zero-order chi connectivity index (χ0) is 62.3. The number of nitrogens with zero attached hydrogens (tertiary/aromatic N) is 7. The van der Waals surface area contributed by atoms with Crippen molar-refractivity contribution in [2.45, 2.75) is 124 Å². The number of phenols is 1. The first kappa shape index (κ1) is 64.7. The number of aromatic hydroxyl groups is 1. The highest BCUT2D eigenvalue weighted by atomic mass is 35.5. The summed E-state index contributed by atoms with van der Waals surface area (Å²) in [4.78, 5) is 76.3. The molecule has 0 radical (unpaired) electrons. The van der Waals surface area contributed by atoms with Crippen molar-refractivity contribution in [2.24, 2.45) is 5.41 Å². The van der Waals surface area contributed by atoms with Crippen molar-refractivity contribution in [3.05, 3.63) is 94.3 Å². The van der Waals surface area contributed by atoms with E-state index in [1.165, 1.54) is 11.0 Å². The number of thiazole rings is 1. The number of carbonyl (C=O) groups excluding carboxylic acids is 4. The highest BCUT2D eigenvalue weighted by Crippen LogP contribution is 2.43. The summed E-state index contributed by atoms with van der Waals surface area (Å²) in [6.07, 6.45) is -0.0508. The number of aromatic nitrogens is 3. The van der Waals surface area contributed by atoms with Crippen molar-refractivity contribution in [3.8, 4) is 33.3 Å². The molecule has 3 fully saturated rings. The maximum Gasteiger partial charge on any atom is 0.410 e. The number of carbonyl (C=O) groups is 4. The molecule has 6 aromatic rings. The molecule has 0 aliphatic carbocycles. The van der Waals surface area contributed by atoms with Gasteiger partial charge in [-0.3, -0.25) is 19.3 Å². The monoisotopic (exact) mass is 1240 g/mol. The number of aliphatic hydroxyl groups excluding tert-OH is 1. The molecule has 2 unspecified atom stereocenters. The van der Waals surface area contributed by atoms with Crippen molar-refractivity contribution in [2.75, 3.05) is 90.3 Å². The van der Waals surface area contributed by atoms with E-state index in [0.29, 0.717) is 73.5 Å². The van der Waals surface area contributed by atoms with Gasteiger partial charge in [-0.1, -0.05) is 80.9 Å². The molecule has 4 aromatic carbocycles. The highest BCUT2D eigenvalue weighted by Gasteiger charge is 2.45. The summed E-state index contributed by atoms with van der Waals surface area (Å²) in [5, 5.41) is 29.2. The van der Waals surface area contributed by atoms with Crippen molar-refractivity contribution < 1.29 is 57.5 Å². The van der Waals surface area contributed by atoms with Crippen molar-refractivity contribution >= 4 is 74.2 Å². The highest BCUT2D eigenvalue weighted by molar-refractivity contribution is 7.13. The normalized spacial score (nSPS) is 18.2. The molecule has 0 bridgehead atoms. The van der Waals surface area contributed by atoms with Gasteiger partial charge in [0.15, 0.2) is 5.82 Å². The first-order valence-corrected chi connectivity index (χ1v) is 31.1. The summed E-state index contributed by atoms with van der Waals surface area (Å²) in [6, 6.07) is 17.7. The van der Waals surface area contributed by atoms with Gasteiger partial charge in [-0.25, -0.2) is 14.2 Å². The number of halogens is 2. The summed E-state index contributed by atoms with van der Waals surface area (Å²) >= 11 is 8.54. The number of nitrogens with one attached hydrogen (secondary N) is 2. The average molecular weight is 1240 g/mol. The van der Waals surface area contributed by atoms with Crippen LogP contribution < -0.4 is 20.3 Å². The second-order valence-corrected chi connectivity index (χ2v) is 26.1. The molecule has 5 heterocycles. The SMILES string of the molecule is Cc1ncsc1-c1ccc([C@H](C)NC(=O)[C@@H]2C[C@@H](O)CN2C(=O)C(NC(=O)COCCOCCOC2CCN(CC(C)Oc3nc(N4CCN(C(=O)OC(C)(C)C)CC4)c4cc(Cl)c(-c5cc(O)cc6ccccc56)c(F)c4n3)CC2)C(C)(C)C)cc1. The van der Waals surface area contributed by atoms with E-state index in [1.807, 2.05) is 121 Å². The van der Waals surface area contributed by atoms with Gasteiger partial charge in [-0.2, -0.15) is 9.97 Å². The van der Waals surface area contributed by atoms with Gasteiger partial charge in [0.25, 0.3) is 0 Å².